The molecule has 2 aliphatic rings. The number of thioether (sulfide) groups is 1. The molecule has 4 rings (SSSR count). The van der Waals surface area contributed by atoms with E-state index in [0.29, 0.717) is 35.9 Å². The van der Waals surface area contributed by atoms with E-state index in [1.807, 2.05) is 30.3 Å². The van der Waals surface area contributed by atoms with Gasteiger partial charge in [-0.1, -0.05) is 23.7 Å². The lowest BCUT2D eigenvalue weighted by Gasteiger charge is -2.34. The molecule has 0 bridgehead atoms. The molecule has 3 unspecified atom stereocenters. The number of nitrogens with zero attached hydrogens (tertiary/aromatic N) is 3. The minimum absolute atomic E-state index is 0.115. The summed E-state index contributed by atoms with van der Waals surface area (Å²) in [7, 11) is 2.11. The number of carbonyl (C=O) groups excluding carboxylic acids is 2. The number of hydrogen-bond acceptors (Lipinski definition) is 11. The molecule has 0 saturated carbocycles. The third-order valence-corrected chi connectivity index (χ3v) is 9.90. The predicted octanol–water partition coefficient (Wildman–Crippen LogP) is 2.72. The number of rotatable bonds is 17. The number of fused-ring (bicyclic) bond motifs is 2. The van der Waals surface area contributed by atoms with Crippen LogP contribution >= 0.6 is 23.4 Å². The van der Waals surface area contributed by atoms with Gasteiger partial charge in [0.05, 0.1) is 11.4 Å². The second-order valence-corrected chi connectivity index (χ2v) is 14.0. The molecule has 1 fully saturated rings. The number of piperazine rings is 1. The number of unbranched alkanes of at least 4 members (excludes halogenated alkanes) is 1. The van der Waals surface area contributed by atoms with Crippen LogP contribution in [0.3, 0.4) is 0 Å². The van der Waals surface area contributed by atoms with Crippen LogP contribution in [-0.4, -0.2) is 113 Å². The minimum atomic E-state index is -1.23. The predicted molar refractivity (Wildman–Crippen MR) is 196 cm³/mol. The number of carbonyl (C=O) groups is 4. The van der Waals surface area contributed by atoms with Crippen LogP contribution in [0, 0.1) is 0 Å². The van der Waals surface area contributed by atoms with Crippen molar-refractivity contribution in [3.63, 3.8) is 0 Å². The highest BCUT2D eigenvalue weighted by Crippen LogP contribution is 2.40. The summed E-state index contributed by atoms with van der Waals surface area (Å²) in [5, 5.41) is 28.1. The van der Waals surface area contributed by atoms with Gasteiger partial charge in [-0.2, -0.15) is 11.8 Å². The Bertz CT molecular complexity index is 1550. The number of nitrogens with two attached hydrogens (primary N) is 2. The molecule has 272 valence electrons. The third kappa shape index (κ3) is 11.1. The molecule has 9 N–H and O–H groups in total. The van der Waals surface area contributed by atoms with E-state index < -0.39 is 41.9 Å². The van der Waals surface area contributed by atoms with Crippen LogP contribution in [-0.2, 0) is 24.9 Å². The van der Waals surface area contributed by atoms with E-state index in [1.54, 1.807) is 0 Å². The largest absolute Gasteiger partial charge is 0.480 e. The summed E-state index contributed by atoms with van der Waals surface area (Å²) < 4.78 is 0. The van der Waals surface area contributed by atoms with Gasteiger partial charge < -0.3 is 47.4 Å². The number of benzene rings is 2. The van der Waals surface area contributed by atoms with E-state index in [2.05, 4.69) is 38.9 Å². The molecular formula is C34H47ClN8O6S. The summed E-state index contributed by atoms with van der Waals surface area (Å²) in [6, 6.07) is 8.37. The first-order valence-corrected chi connectivity index (χ1v) is 18.3. The molecule has 16 heteroatoms. The lowest BCUT2D eigenvalue weighted by Crippen LogP contribution is -2.52. The van der Waals surface area contributed by atoms with Crippen molar-refractivity contribution in [2.45, 2.75) is 62.4 Å². The molecule has 1 saturated heterocycles. The second kappa shape index (κ2) is 18.9. The van der Waals surface area contributed by atoms with Crippen molar-refractivity contribution in [2.24, 2.45) is 16.5 Å². The Morgan fingerprint density at radius 1 is 1.00 bits per heavy atom. The molecule has 2 heterocycles. The molecule has 0 spiro atoms. The topological polar surface area (TPSA) is 216 Å². The Balaban J connectivity index is 1.48. The molecule has 2 aromatic rings. The number of anilines is 2. The smallest absolute Gasteiger partial charge is 0.326 e. The SMILES string of the molecule is CN1CCN(C2=Nc3cc(Cl)cc(CSCCC(NC(=O)CCC(N)C(=O)O)C(=O)NC(CCCCN)C(=O)O)c3Nc3ccccc32)CC1. The molecular weight excluding hydrogens is 684 g/mol. The van der Waals surface area contributed by atoms with Gasteiger partial charge in [-0.25, -0.2) is 9.79 Å². The molecule has 14 nitrogen and oxygen atoms in total. The summed E-state index contributed by atoms with van der Waals surface area (Å²) in [4.78, 5) is 58.8. The van der Waals surface area contributed by atoms with Crippen molar-refractivity contribution < 1.29 is 29.4 Å². The normalized spacial score (nSPS) is 16.1. The number of aliphatic carboxylic acids is 2. The van der Waals surface area contributed by atoms with Crippen LogP contribution in [0.1, 0.15) is 49.7 Å². The van der Waals surface area contributed by atoms with Gasteiger partial charge >= 0.3 is 11.9 Å². The van der Waals surface area contributed by atoms with Gasteiger partial charge in [-0.05, 0) is 81.3 Å². The summed E-state index contributed by atoms with van der Waals surface area (Å²) in [5.74, 6) is -1.80. The van der Waals surface area contributed by atoms with Crippen LogP contribution < -0.4 is 27.4 Å². The molecule has 50 heavy (non-hydrogen) atoms. The number of amidine groups is 1. The Kier molecular flexibility index (Phi) is 14.7. The monoisotopic (exact) mass is 730 g/mol. The fourth-order valence-electron chi connectivity index (χ4n) is 5.70. The number of halogens is 1. The van der Waals surface area contributed by atoms with Gasteiger partial charge in [0.2, 0.25) is 11.8 Å². The van der Waals surface area contributed by atoms with Crippen LogP contribution in [0.2, 0.25) is 5.02 Å². The standard InChI is InChI=1S/C34H47ClN8O6S/c1-42-13-15-43(16-14-42)31-23-6-2-3-7-25(23)39-30-21(18-22(35)19-28(30)40-31)20-50-17-11-26(38-29(44)10-9-24(37)33(46)47)32(45)41-27(34(48)49)8-4-5-12-36/h2-3,6-7,18-19,24,26-27,39H,4-5,8-17,20,36-37H2,1H3,(H,38,44)(H,41,45)(H,46,47)(H,48,49). The Morgan fingerprint density at radius 3 is 2.44 bits per heavy atom. The highest BCUT2D eigenvalue weighted by Gasteiger charge is 2.28. The first kappa shape index (κ1) is 38.9. The van der Waals surface area contributed by atoms with E-state index in [9.17, 15) is 24.3 Å². The number of hydrogen-bond donors (Lipinski definition) is 7. The van der Waals surface area contributed by atoms with Gasteiger partial charge in [0.25, 0.3) is 0 Å². The number of nitrogens with one attached hydrogen (secondary N) is 3. The number of amides is 2. The van der Waals surface area contributed by atoms with Crippen molar-refractivity contribution in [3.05, 3.63) is 52.5 Å². The molecule has 2 aliphatic heterocycles. The number of carboxylic acids is 2. The van der Waals surface area contributed by atoms with E-state index in [4.69, 9.17) is 33.2 Å². The summed E-state index contributed by atoms with van der Waals surface area (Å²) in [6.07, 6.45) is 1.18. The molecule has 3 atom stereocenters. The van der Waals surface area contributed by atoms with Gasteiger partial charge in [-0.15, -0.1) is 0 Å². The molecule has 0 radical (unpaired) electrons. The molecule has 2 amide bonds. The lowest BCUT2D eigenvalue weighted by molar-refractivity contribution is -0.142. The van der Waals surface area contributed by atoms with Crippen LogP contribution in [0.4, 0.5) is 17.1 Å². The van der Waals surface area contributed by atoms with Gasteiger partial charge in [-0.3, -0.25) is 14.4 Å². The summed E-state index contributed by atoms with van der Waals surface area (Å²) >= 11 is 8.14. The van der Waals surface area contributed by atoms with Crippen molar-refractivity contribution in [2.75, 3.05) is 50.8 Å². The average molecular weight is 731 g/mol. The number of carboxylic acid groups (broad SMARTS) is 2. The van der Waals surface area contributed by atoms with Gasteiger partial charge in [0, 0.05) is 54.6 Å². The third-order valence-electron chi connectivity index (χ3n) is 8.64. The number of likely N-dealkylation sites (N-methyl/N-ethyl adjacent to an activating group) is 1. The van der Waals surface area contributed by atoms with Crippen molar-refractivity contribution in [1.29, 1.82) is 0 Å². The zero-order valence-corrected chi connectivity index (χ0v) is 29.8. The van der Waals surface area contributed by atoms with Crippen LogP contribution in [0.15, 0.2) is 41.4 Å². The van der Waals surface area contributed by atoms with Crippen molar-refractivity contribution in [3.8, 4) is 0 Å². The second-order valence-electron chi connectivity index (χ2n) is 12.5. The summed E-state index contributed by atoms with van der Waals surface area (Å²) in [5.41, 5.74) is 15.5. The zero-order valence-electron chi connectivity index (χ0n) is 28.2. The Morgan fingerprint density at radius 2 is 1.74 bits per heavy atom. The Labute approximate surface area is 301 Å². The fourth-order valence-corrected chi connectivity index (χ4v) is 6.93. The summed E-state index contributed by atoms with van der Waals surface area (Å²) in [6.45, 7) is 3.96. The minimum Gasteiger partial charge on any atom is -0.480 e. The van der Waals surface area contributed by atoms with E-state index in [0.717, 1.165) is 60.2 Å². The maximum absolute atomic E-state index is 13.3. The maximum Gasteiger partial charge on any atom is 0.326 e. The van der Waals surface area contributed by atoms with Crippen LogP contribution in [0.25, 0.3) is 0 Å². The highest BCUT2D eigenvalue weighted by molar-refractivity contribution is 7.98. The Hall–Kier alpha value is -3.89. The number of aliphatic imine (C=N–C) groups is 1. The first-order chi connectivity index (χ1) is 24.0. The van der Waals surface area contributed by atoms with Crippen LogP contribution in [0.5, 0.6) is 0 Å². The molecule has 0 aliphatic carbocycles. The average Bonchev–Trinajstić information content (AvgIpc) is 3.25. The zero-order chi connectivity index (χ0) is 36.2. The van der Waals surface area contributed by atoms with Crippen molar-refractivity contribution >= 4 is 70.0 Å². The van der Waals surface area contributed by atoms with E-state index in [-0.39, 0.29) is 25.7 Å². The van der Waals surface area contributed by atoms with Crippen molar-refractivity contribution in [1.82, 2.24) is 20.4 Å². The van der Waals surface area contributed by atoms with Gasteiger partial charge in [0.15, 0.2) is 0 Å². The number of para-hydroxylation sites is 1. The fraction of sp³-hybridized carbons (Fsp3) is 0.500. The lowest BCUT2D eigenvalue weighted by atomic mass is 10.1. The van der Waals surface area contributed by atoms with E-state index >= 15 is 0 Å². The quantitative estimate of drug-likeness (QED) is 0.117. The molecule has 0 aromatic heterocycles. The maximum atomic E-state index is 13.3. The molecule has 2 aromatic carbocycles. The van der Waals surface area contributed by atoms with E-state index in [1.165, 1.54) is 11.8 Å². The van der Waals surface area contributed by atoms with Gasteiger partial charge in [0.1, 0.15) is 24.0 Å². The highest BCUT2D eigenvalue weighted by atomic mass is 35.5. The first-order valence-electron chi connectivity index (χ1n) is 16.8.